The number of carbonyl (C=O) groups excluding carboxylic acids is 1. The number of nitrogen functional groups attached to an aromatic ring is 1. The van der Waals surface area contributed by atoms with Gasteiger partial charge in [0.2, 0.25) is 5.13 Å². The number of aromatic nitrogens is 2. The molecule has 0 spiro atoms. The highest BCUT2D eigenvalue weighted by molar-refractivity contribution is 8.01. The van der Waals surface area contributed by atoms with E-state index in [4.69, 9.17) is 10.8 Å². The van der Waals surface area contributed by atoms with E-state index < -0.39 is 0 Å². The van der Waals surface area contributed by atoms with Crippen molar-refractivity contribution in [1.29, 1.82) is 0 Å². The summed E-state index contributed by atoms with van der Waals surface area (Å²) in [5, 5.41) is 16.9. The van der Waals surface area contributed by atoms with E-state index in [0.717, 1.165) is 22.2 Å². The molecule has 1 unspecified atom stereocenters. The first-order valence-corrected chi connectivity index (χ1v) is 11.6. The van der Waals surface area contributed by atoms with Crippen LogP contribution in [0.4, 0.5) is 5.13 Å². The largest absolute Gasteiger partial charge is 0.374 e. The van der Waals surface area contributed by atoms with E-state index in [1.54, 1.807) is 5.01 Å². The molecular formula is C23H19N5OS2. The van der Waals surface area contributed by atoms with Gasteiger partial charge in [0, 0.05) is 6.42 Å². The minimum absolute atomic E-state index is 0.0663. The lowest BCUT2D eigenvalue weighted by molar-refractivity contribution is -0.130. The standard InChI is InChI=1S/C23H19N5OS2/c24-22-25-26-23(31-22)30-14-21(29)28-20(16-7-2-1-3-8-16)13-19(27-28)18-11-10-15-6-4-5-9-17(15)12-18/h1-12,20H,13-14H2,(H2,24,25). The number of nitrogens with two attached hydrogens (primary N) is 1. The quantitative estimate of drug-likeness (QED) is 0.449. The number of benzene rings is 3. The van der Waals surface area contributed by atoms with Crippen LogP contribution in [0.1, 0.15) is 23.6 Å². The van der Waals surface area contributed by atoms with Gasteiger partial charge >= 0.3 is 0 Å². The molecule has 2 heterocycles. The summed E-state index contributed by atoms with van der Waals surface area (Å²) >= 11 is 2.62. The van der Waals surface area contributed by atoms with E-state index >= 15 is 0 Å². The number of hydrogen-bond acceptors (Lipinski definition) is 7. The van der Waals surface area contributed by atoms with Gasteiger partial charge in [0.25, 0.3) is 5.91 Å². The molecule has 4 aromatic rings. The molecule has 2 N–H and O–H groups in total. The summed E-state index contributed by atoms with van der Waals surface area (Å²) in [5.41, 5.74) is 8.67. The van der Waals surface area contributed by atoms with Gasteiger partial charge in [-0.05, 0) is 28.0 Å². The van der Waals surface area contributed by atoms with Gasteiger partial charge in [-0.1, -0.05) is 89.8 Å². The van der Waals surface area contributed by atoms with E-state index in [2.05, 4.69) is 40.5 Å². The highest BCUT2D eigenvalue weighted by atomic mass is 32.2. The third-order valence-corrected chi connectivity index (χ3v) is 7.04. The van der Waals surface area contributed by atoms with Crippen LogP contribution in [0.3, 0.4) is 0 Å². The molecule has 0 radical (unpaired) electrons. The maximum Gasteiger partial charge on any atom is 0.253 e. The third-order valence-electron chi connectivity index (χ3n) is 5.17. The van der Waals surface area contributed by atoms with Gasteiger partial charge in [0.05, 0.1) is 17.5 Å². The van der Waals surface area contributed by atoms with Crippen molar-refractivity contribution < 1.29 is 4.79 Å². The molecule has 0 aliphatic carbocycles. The number of carbonyl (C=O) groups is 1. The first-order chi connectivity index (χ1) is 15.2. The van der Waals surface area contributed by atoms with E-state index in [-0.39, 0.29) is 17.7 Å². The Bertz CT molecular complexity index is 1270. The normalized spacial score (nSPS) is 15.9. The number of fused-ring (bicyclic) bond motifs is 1. The van der Waals surface area contributed by atoms with Crippen molar-refractivity contribution in [3.05, 3.63) is 83.9 Å². The molecular weight excluding hydrogens is 426 g/mol. The van der Waals surface area contributed by atoms with Crippen LogP contribution < -0.4 is 5.73 Å². The van der Waals surface area contributed by atoms with Gasteiger partial charge < -0.3 is 5.73 Å². The summed E-state index contributed by atoms with van der Waals surface area (Å²) in [7, 11) is 0. The average Bonchev–Trinajstić information content (AvgIpc) is 3.44. The summed E-state index contributed by atoms with van der Waals surface area (Å²) in [5.74, 6) is 0.162. The lowest BCUT2D eigenvalue weighted by Crippen LogP contribution is -2.28. The molecule has 1 aliphatic rings. The van der Waals surface area contributed by atoms with Gasteiger partial charge in [-0.3, -0.25) is 4.79 Å². The Kier molecular flexibility index (Phi) is 5.40. The van der Waals surface area contributed by atoms with Crippen LogP contribution in [0.5, 0.6) is 0 Å². The molecule has 0 saturated heterocycles. The molecule has 31 heavy (non-hydrogen) atoms. The fraction of sp³-hybridized carbons (Fsp3) is 0.130. The Morgan fingerprint density at radius 3 is 2.58 bits per heavy atom. The van der Waals surface area contributed by atoms with Crippen LogP contribution in [0.25, 0.3) is 10.8 Å². The zero-order chi connectivity index (χ0) is 21.2. The van der Waals surface area contributed by atoms with E-state index in [9.17, 15) is 4.79 Å². The molecule has 1 amide bonds. The molecule has 154 valence electrons. The highest BCUT2D eigenvalue weighted by Gasteiger charge is 2.33. The Morgan fingerprint density at radius 1 is 1.03 bits per heavy atom. The van der Waals surface area contributed by atoms with Crippen LogP contribution in [-0.4, -0.2) is 32.6 Å². The minimum Gasteiger partial charge on any atom is -0.374 e. The molecule has 0 fully saturated rings. The monoisotopic (exact) mass is 445 g/mol. The van der Waals surface area contributed by atoms with E-state index in [0.29, 0.717) is 15.9 Å². The lowest BCUT2D eigenvalue weighted by atomic mass is 9.97. The van der Waals surface area contributed by atoms with E-state index in [1.807, 2.05) is 42.5 Å². The number of rotatable bonds is 5. The second kappa shape index (κ2) is 8.49. The summed E-state index contributed by atoms with van der Waals surface area (Å²) in [4.78, 5) is 13.1. The predicted octanol–water partition coefficient (Wildman–Crippen LogP) is 4.74. The summed E-state index contributed by atoms with van der Waals surface area (Å²) in [6, 6.07) is 24.5. The smallest absolute Gasteiger partial charge is 0.253 e. The zero-order valence-corrected chi connectivity index (χ0v) is 18.1. The maximum absolute atomic E-state index is 13.1. The van der Waals surface area contributed by atoms with Crippen molar-refractivity contribution in [2.45, 2.75) is 16.8 Å². The number of hydrogen-bond donors (Lipinski definition) is 1. The van der Waals surface area contributed by atoms with Gasteiger partial charge in [0.1, 0.15) is 0 Å². The molecule has 1 atom stereocenters. The van der Waals surface area contributed by atoms with Crippen LogP contribution in [-0.2, 0) is 4.79 Å². The van der Waals surface area contributed by atoms with Crippen LogP contribution >= 0.6 is 23.1 Å². The summed E-state index contributed by atoms with van der Waals surface area (Å²) in [6.07, 6.45) is 0.671. The molecule has 1 aliphatic heterocycles. The fourth-order valence-corrected chi connectivity index (χ4v) is 5.18. The summed E-state index contributed by atoms with van der Waals surface area (Å²) < 4.78 is 0.681. The molecule has 3 aromatic carbocycles. The zero-order valence-electron chi connectivity index (χ0n) is 16.5. The molecule has 0 saturated carbocycles. The third kappa shape index (κ3) is 4.17. The molecule has 6 nitrogen and oxygen atoms in total. The Morgan fingerprint density at radius 2 is 1.81 bits per heavy atom. The van der Waals surface area contributed by atoms with Crippen molar-refractivity contribution >= 4 is 50.6 Å². The van der Waals surface area contributed by atoms with Crippen molar-refractivity contribution in [3.63, 3.8) is 0 Å². The van der Waals surface area contributed by atoms with Crippen molar-refractivity contribution in [2.24, 2.45) is 5.10 Å². The Labute approximate surface area is 187 Å². The van der Waals surface area contributed by atoms with Gasteiger partial charge in [-0.25, -0.2) is 5.01 Å². The molecule has 0 bridgehead atoms. The average molecular weight is 446 g/mol. The van der Waals surface area contributed by atoms with Crippen LogP contribution in [0, 0.1) is 0 Å². The minimum atomic E-state index is -0.129. The first-order valence-electron chi connectivity index (χ1n) is 9.83. The van der Waals surface area contributed by atoms with Crippen molar-refractivity contribution in [3.8, 4) is 0 Å². The second-order valence-electron chi connectivity index (χ2n) is 7.17. The predicted molar refractivity (Wildman–Crippen MR) is 126 cm³/mol. The maximum atomic E-state index is 13.1. The Hall–Kier alpha value is -3.23. The van der Waals surface area contributed by atoms with Gasteiger partial charge in [0.15, 0.2) is 4.34 Å². The number of thioether (sulfide) groups is 1. The lowest BCUT2D eigenvalue weighted by Gasteiger charge is -2.21. The van der Waals surface area contributed by atoms with Crippen molar-refractivity contribution in [2.75, 3.05) is 11.5 Å². The first kappa shape index (κ1) is 19.7. The SMILES string of the molecule is Nc1nnc(SCC(=O)N2N=C(c3ccc4ccccc4c3)CC2c2ccccc2)s1. The topological polar surface area (TPSA) is 84.5 Å². The van der Waals surface area contributed by atoms with Gasteiger partial charge in [-0.2, -0.15) is 5.10 Å². The molecule has 1 aromatic heterocycles. The summed E-state index contributed by atoms with van der Waals surface area (Å²) in [6.45, 7) is 0. The van der Waals surface area contributed by atoms with Gasteiger partial charge in [-0.15, -0.1) is 10.2 Å². The number of nitrogens with zero attached hydrogens (tertiary/aromatic N) is 4. The Balaban J connectivity index is 1.44. The van der Waals surface area contributed by atoms with Crippen molar-refractivity contribution in [1.82, 2.24) is 15.2 Å². The number of anilines is 1. The van der Waals surface area contributed by atoms with Crippen LogP contribution in [0.2, 0.25) is 0 Å². The fourth-order valence-electron chi connectivity index (χ4n) is 3.69. The highest BCUT2D eigenvalue weighted by Crippen LogP contribution is 2.34. The van der Waals surface area contributed by atoms with Crippen LogP contribution in [0.15, 0.2) is 82.2 Å². The number of amides is 1. The molecule has 8 heteroatoms. The number of hydrazone groups is 1. The second-order valence-corrected chi connectivity index (χ2v) is 9.40. The van der Waals surface area contributed by atoms with E-state index in [1.165, 1.54) is 28.5 Å². The molecule has 5 rings (SSSR count).